The first kappa shape index (κ1) is 28.6. The molecule has 1 saturated heterocycles. The predicted molar refractivity (Wildman–Crippen MR) is 132 cm³/mol. The van der Waals surface area contributed by atoms with Gasteiger partial charge in [0.05, 0.1) is 23.4 Å². The molecule has 0 unspecified atom stereocenters. The molecule has 2 amide bonds. The maximum Gasteiger partial charge on any atom is 0.390 e. The lowest BCUT2D eigenvalue weighted by Crippen LogP contribution is -2.47. The van der Waals surface area contributed by atoms with Crippen LogP contribution in [0.4, 0.5) is 33.3 Å². The molecule has 1 fully saturated rings. The van der Waals surface area contributed by atoms with E-state index in [4.69, 9.17) is 11.6 Å². The van der Waals surface area contributed by atoms with Gasteiger partial charge in [-0.25, -0.2) is 8.78 Å². The molecule has 0 atom stereocenters. The van der Waals surface area contributed by atoms with Crippen LogP contribution in [0.3, 0.4) is 0 Å². The van der Waals surface area contributed by atoms with Crippen molar-refractivity contribution < 1.29 is 31.5 Å². The van der Waals surface area contributed by atoms with E-state index in [2.05, 4.69) is 10.6 Å². The van der Waals surface area contributed by atoms with E-state index in [-0.39, 0.29) is 31.0 Å². The zero-order valence-corrected chi connectivity index (χ0v) is 21.0. The van der Waals surface area contributed by atoms with Crippen LogP contribution in [-0.4, -0.2) is 55.6 Å². The summed E-state index contributed by atoms with van der Waals surface area (Å²) in [5, 5.41) is 5.46. The molecule has 2 N–H and O–H groups in total. The average Bonchev–Trinajstić information content (AvgIpc) is 2.84. The van der Waals surface area contributed by atoms with Gasteiger partial charge in [-0.3, -0.25) is 14.5 Å². The molecule has 0 saturated carbocycles. The van der Waals surface area contributed by atoms with Crippen LogP contribution in [0.2, 0.25) is 5.02 Å². The van der Waals surface area contributed by atoms with Crippen LogP contribution in [0.15, 0.2) is 30.3 Å². The lowest BCUT2D eigenvalue weighted by atomic mass is 10.1. The van der Waals surface area contributed by atoms with Gasteiger partial charge in [0.25, 0.3) is 5.91 Å². The largest absolute Gasteiger partial charge is 0.390 e. The van der Waals surface area contributed by atoms with Crippen LogP contribution in [0.5, 0.6) is 0 Å². The molecule has 1 aliphatic rings. The van der Waals surface area contributed by atoms with Crippen molar-refractivity contribution in [3.8, 4) is 0 Å². The van der Waals surface area contributed by atoms with Gasteiger partial charge in [0.15, 0.2) is 11.6 Å². The molecular weight excluding hydrogens is 519 g/mol. The standard InChI is InChI=1S/C25H28ClF5N4O2/c1-2-3-21(36)32-15-16-4-6-18(23(28)22(16)27)24(37)33-19-7-5-17(26)14-20(19)35-12-10-34(11-13-35)9-8-25(29,30)31/h4-7,14H,2-3,8-13,15H2,1H3,(H,32,36)(H,33,37). The SMILES string of the molecule is CCCC(=O)NCc1ccc(C(=O)Nc2ccc(Cl)cc2N2CCN(CCC(F)(F)F)CC2)c(F)c1F. The number of nitrogens with one attached hydrogen (secondary N) is 2. The molecule has 0 bridgehead atoms. The fourth-order valence-corrected chi connectivity index (χ4v) is 4.14. The third-order valence-electron chi connectivity index (χ3n) is 5.99. The number of amides is 2. The molecule has 202 valence electrons. The van der Waals surface area contributed by atoms with Crippen molar-refractivity contribution in [1.29, 1.82) is 0 Å². The molecule has 2 aromatic carbocycles. The molecule has 6 nitrogen and oxygen atoms in total. The van der Waals surface area contributed by atoms with Crippen molar-refractivity contribution in [3.63, 3.8) is 0 Å². The Morgan fingerprint density at radius 1 is 1.03 bits per heavy atom. The second-order valence-corrected chi connectivity index (χ2v) is 9.17. The molecule has 0 radical (unpaired) electrons. The number of nitrogens with zero attached hydrogens (tertiary/aromatic N) is 2. The van der Waals surface area contributed by atoms with Gasteiger partial charge < -0.3 is 15.5 Å². The average molecular weight is 547 g/mol. The minimum Gasteiger partial charge on any atom is -0.367 e. The van der Waals surface area contributed by atoms with Gasteiger partial charge in [0.2, 0.25) is 5.91 Å². The number of anilines is 2. The first-order valence-electron chi connectivity index (χ1n) is 11.9. The summed E-state index contributed by atoms with van der Waals surface area (Å²) in [5.41, 5.74) is 0.217. The third-order valence-corrected chi connectivity index (χ3v) is 6.23. The normalized spacial score (nSPS) is 14.5. The van der Waals surface area contributed by atoms with Crippen molar-refractivity contribution in [2.24, 2.45) is 0 Å². The van der Waals surface area contributed by atoms with Gasteiger partial charge in [0, 0.05) is 56.3 Å². The highest BCUT2D eigenvalue weighted by Crippen LogP contribution is 2.31. The first-order valence-corrected chi connectivity index (χ1v) is 12.2. The first-order chi connectivity index (χ1) is 17.5. The molecule has 37 heavy (non-hydrogen) atoms. The molecule has 3 rings (SSSR count). The molecule has 0 aliphatic carbocycles. The van der Waals surface area contributed by atoms with Gasteiger partial charge in [-0.05, 0) is 30.7 Å². The lowest BCUT2D eigenvalue weighted by Gasteiger charge is -2.37. The fraction of sp³-hybridized carbons (Fsp3) is 0.440. The summed E-state index contributed by atoms with van der Waals surface area (Å²) in [7, 11) is 0. The summed E-state index contributed by atoms with van der Waals surface area (Å²) in [6, 6.07) is 7.03. The van der Waals surface area contributed by atoms with E-state index < -0.39 is 35.7 Å². The maximum atomic E-state index is 14.7. The van der Waals surface area contributed by atoms with E-state index in [1.54, 1.807) is 11.0 Å². The smallest absolute Gasteiger partial charge is 0.367 e. The second kappa shape index (κ2) is 12.6. The number of benzene rings is 2. The highest BCUT2D eigenvalue weighted by atomic mass is 35.5. The summed E-state index contributed by atoms with van der Waals surface area (Å²) in [4.78, 5) is 28.0. The maximum absolute atomic E-state index is 14.7. The van der Waals surface area contributed by atoms with Crippen LogP contribution < -0.4 is 15.5 Å². The van der Waals surface area contributed by atoms with E-state index in [0.717, 1.165) is 6.07 Å². The highest BCUT2D eigenvalue weighted by Gasteiger charge is 2.29. The molecular formula is C25H28ClF5N4O2. The van der Waals surface area contributed by atoms with Gasteiger partial charge >= 0.3 is 6.18 Å². The Balaban J connectivity index is 1.70. The fourth-order valence-electron chi connectivity index (χ4n) is 3.97. The van der Waals surface area contributed by atoms with Crippen molar-refractivity contribution in [3.05, 3.63) is 58.1 Å². The van der Waals surface area contributed by atoms with E-state index in [9.17, 15) is 31.5 Å². The number of carbonyl (C=O) groups is 2. The van der Waals surface area contributed by atoms with Crippen LogP contribution >= 0.6 is 11.6 Å². The van der Waals surface area contributed by atoms with E-state index in [1.807, 2.05) is 11.8 Å². The lowest BCUT2D eigenvalue weighted by molar-refractivity contribution is -0.138. The Kier molecular flexibility index (Phi) is 9.72. The molecule has 0 spiro atoms. The molecule has 0 aromatic heterocycles. The molecule has 2 aromatic rings. The van der Waals surface area contributed by atoms with Crippen LogP contribution in [0.1, 0.15) is 42.1 Å². The summed E-state index contributed by atoms with van der Waals surface area (Å²) in [6.07, 6.45) is -4.24. The molecule has 1 heterocycles. The number of rotatable bonds is 9. The number of hydrogen-bond donors (Lipinski definition) is 2. The Hall–Kier alpha value is -2.92. The highest BCUT2D eigenvalue weighted by molar-refractivity contribution is 6.31. The summed E-state index contributed by atoms with van der Waals surface area (Å²) in [6.45, 7) is 3.06. The number of carbonyl (C=O) groups excluding carboxylic acids is 2. The number of alkyl halides is 3. The van der Waals surface area contributed by atoms with Gasteiger partial charge in [0.1, 0.15) is 0 Å². The third kappa shape index (κ3) is 8.03. The predicted octanol–water partition coefficient (Wildman–Crippen LogP) is 5.36. The molecule has 1 aliphatic heterocycles. The Morgan fingerprint density at radius 2 is 1.73 bits per heavy atom. The topological polar surface area (TPSA) is 64.7 Å². The van der Waals surface area contributed by atoms with E-state index in [1.165, 1.54) is 18.2 Å². The zero-order chi connectivity index (χ0) is 27.2. The van der Waals surface area contributed by atoms with Crippen molar-refractivity contribution in [2.45, 2.75) is 38.9 Å². The van der Waals surface area contributed by atoms with Crippen molar-refractivity contribution in [2.75, 3.05) is 42.9 Å². The van der Waals surface area contributed by atoms with Crippen molar-refractivity contribution in [1.82, 2.24) is 10.2 Å². The number of hydrogen-bond acceptors (Lipinski definition) is 4. The quantitative estimate of drug-likeness (QED) is 0.416. The monoisotopic (exact) mass is 546 g/mol. The van der Waals surface area contributed by atoms with Gasteiger partial charge in [-0.1, -0.05) is 24.6 Å². The Bertz CT molecular complexity index is 1120. The second-order valence-electron chi connectivity index (χ2n) is 8.74. The zero-order valence-electron chi connectivity index (χ0n) is 20.2. The minimum absolute atomic E-state index is 0.0888. The van der Waals surface area contributed by atoms with Gasteiger partial charge in [-0.15, -0.1) is 0 Å². The van der Waals surface area contributed by atoms with Gasteiger partial charge in [-0.2, -0.15) is 13.2 Å². The minimum atomic E-state index is -4.22. The Labute approximate surface area is 216 Å². The Morgan fingerprint density at radius 3 is 2.38 bits per heavy atom. The van der Waals surface area contributed by atoms with E-state index in [0.29, 0.717) is 49.0 Å². The van der Waals surface area contributed by atoms with Crippen molar-refractivity contribution >= 4 is 34.8 Å². The summed E-state index contributed by atoms with van der Waals surface area (Å²) in [5.74, 6) is -3.74. The van der Waals surface area contributed by atoms with Crippen LogP contribution in [0.25, 0.3) is 0 Å². The number of halogens is 6. The number of piperazine rings is 1. The van der Waals surface area contributed by atoms with Crippen LogP contribution in [-0.2, 0) is 11.3 Å². The van der Waals surface area contributed by atoms with Crippen LogP contribution in [0, 0.1) is 11.6 Å². The summed E-state index contributed by atoms with van der Waals surface area (Å²) < 4.78 is 66.9. The summed E-state index contributed by atoms with van der Waals surface area (Å²) >= 11 is 6.14. The molecule has 12 heteroatoms. The van der Waals surface area contributed by atoms with E-state index >= 15 is 0 Å².